The summed E-state index contributed by atoms with van der Waals surface area (Å²) in [5.74, 6) is -0.458. The van der Waals surface area contributed by atoms with Crippen LogP contribution in [0, 0.1) is 0 Å². The lowest BCUT2D eigenvalue weighted by molar-refractivity contribution is -0.138. The van der Waals surface area contributed by atoms with Crippen molar-refractivity contribution in [3.63, 3.8) is 0 Å². The summed E-state index contributed by atoms with van der Waals surface area (Å²) in [7, 11) is 1.24. The Labute approximate surface area is 100 Å². The van der Waals surface area contributed by atoms with E-state index in [-0.39, 0.29) is 11.4 Å². The third-order valence-corrected chi connectivity index (χ3v) is 2.97. The Kier molecular flexibility index (Phi) is 4.28. The average Bonchev–Trinajstić information content (AvgIpc) is 2.25. The first-order chi connectivity index (χ1) is 7.84. The molecule has 7 heteroatoms. The van der Waals surface area contributed by atoms with Crippen LogP contribution in [0.4, 0.5) is 18.9 Å². The summed E-state index contributed by atoms with van der Waals surface area (Å²) < 4.78 is 41.4. The lowest BCUT2D eigenvalue weighted by atomic mass is 10.2. The van der Waals surface area contributed by atoms with Crippen molar-refractivity contribution >= 4 is 23.4 Å². The first-order valence-electron chi connectivity index (χ1n) is 4.51. The van der Waals surface area contributed by atoms with Gasteiger partial charge in [-0.05, 0) is 18.2 Å². The molecule has 0 aliphatic heterocycles. The standard InChI is InChI=1S/C10H10F3NO2S/c1-16-9(15)5-17-8-3-2-6(4-7(8)14)10(11,12)13/h2-4H,5,14H2,1H3. The minimum Gasteiger partial charge on any atom is -0.468 e. The Bertz CT molecular complexity index is 421. The largest absolute Gasteiger partial charge is 0.468 e. The number of alkyl halides is 3. The number of esters is 1. The van der Waals surface area contributed by atoms with Gasteiger partial charge in [0.2, 0.25) is 0 Å². The van der Waals surface area contributed by atoms with Crippen molar-refractivity contribution in [3.8, 4) is 0 Å². The molecule has 17 heavy (non-hydrogen) atoms. The highest BCUT2D eigenvalue weighted by Gasteiger charge is 2.30. The molecule has 1 aromatic carbocycles. The number of carbonyl (C=O) groups excluding carboxylic acids is 1. The third-order valence-electron chi connectivity index (χ3n) is 1.91. The molecule has 0 fully saturated rings. The van der Waals surface area contributed by atoms with Crippen molar-refractivity contribution in [3.05, 3.63) is 23.8 Å². The molecule has 1 aromatic rings. The Morgan fingerprint density at radius 2 is 2.12 bits per heavy atom. The normalized spacial score (nSPS) is 11.3. The number of benzene rings is 1. The molecule has 0 saturated carbocycles. The van der Waals surface area contributed by atoms with Crippen LogP contribution in [-0.2, 0) is 15.7 Å². The molecule has 0 unspecified atom stereocenters. The topological polar surface area (TPSA) is 52.3 Å². The SMILES string of the molecule is COC(=O)CSc1ccc(C(F)(F)F)cc1N. The zero-order valence-electron chi connectivity index (χ0n) is 8.88. The molecule has 0 aliphatic carbocycles. The van der Waals surface area contributed by atoms with Crippen LogP contribution in [0.3, 0.4) is 0 Å². The van der Waals surface area contributed by atoms with Gasteiger partial charge in [-0.15, -0.1) is 11.8 Å². The van der Waals surface area contributed by atoms with Crippen LogP contribution in [0.1, 0.15) is 5.56 Å². The van der Waals surface area contributed by atoms with E-state index in [1.165, 1.54) is 13.2 Å². The average molecular weight is 265 g/mol. The molecule has 94 valence electrons. The summed E-state index contributed by atoms with van der Waals surface area (Å²) in [5, 5.41) is 0. The van der Waals surface area contributed by atoms with Crippen molar-refractivity contribution in [2.24, 2.45) is 0 Å². The molecule has 0 radical (unpaired) electrons. The van der Waals surface area contributed by atoms with Gasteiger partial charge in [0.25, 0.3) is 0 Å². The van der Waals surface area contributed by atoms with Crippen LogP contribution in [0.5, 0.6) is 0 Å². The van der Waals surface area contributed by atoms with Gasteiger partial charge in [-0.25, -0.2) is 0 Å². The van der Waals surface area contributed by atoms with Crippen molar-refractivity contribution in [1.82, 2.24) is 0 Å². The number of nitrogen functional groups attached to an aromatic ring is 1. The smallest absolute Gasteiger partial charge is 0.416 e. The number of nitrogens with two attached hydrogens (primary N) is 1. The highest BCUT2D eigenvalue weighted by atomic mass is 32.2. The van der Waals surface area contributed by atoms with Crippen LogP contribution >= 0.6 is 11.8 Å². The van der Waals surface area contributed by atoms with Crippen LogP contribution in [0.2, 0.25) is 0 Å². The lowest BCUT2D eigenvalue weighted by Gasteiger charge is -2.10. The summed E-state index contributed by atoms with van der Waals surface area (Å²) in [4.78, 5) is 11.3. The van der Waals surface area contributed by atoms with E-state index >= 15 is 0 Å². The van der Waals surface area contributed by atoms with Crippen molar-refractivity contribution in [1.29, 1.82) is 0 Å². The van der Waals surface area contributed by atoms with E-state index in [1.54, 1.807) is 0 Å². The maximum atomic E-state index is 12.3. The molecule has 0 atom stereocenters. The monoisotopic (exact) mass is 265 g/mol. The Hall–Kier alpha value is -1.37. The number of ether oxygens (including phenoxy) is 1. The first kappa shape index (κ1) is 13.7. The number of halogens is 3. The number of anilines is 1. The van der Waals surface area contributed by atoms with Crippen LogP contribution in [-0.4, -0.2) is 18.8 Å². The van der Waals surface area contributed by atoms with E-state index < -0.39 is 17.7 Å². The Morgan fingerprint density at radius 1 is 1.47 bits per heavy atom. The molecule has 0 aromatic heterocycles. The molecule has 2 N–H and O–H groups in total. The zero-order valence-corrected chi connectivity index (χ0v) is 9.69. The number of rotatable bonds is 3. The number of carbonyl (C=O) groups is 1. The van der Waals surface area contributed by atoms with Crippen LogP contribution < -0.4 is 5.73 Å². The highest BCUT2D eigenvalue weighted by Crippen LogP contribution is 2.34. The minimum absolute atomic E-state index is 0.00581. The van der Waals surface area contributed by atoms with Gasteiger partial charge in [-0.3, -0.25) is 4.79 Å². The van der Waals surface area contributed by atoms with Gasteiger partial charge in [0, 0.05) is 10.6 Å². The molecule has 3 nitrogen and oxygen atoms in total. The second-order valence-electron chi connectivity index (χ2n) is 3.12. The summed E-state index contributed by atoms with van der Waals surface area (Å²) in [6, 6.07) is 3.02. The van der Waals surface area contributed by atoms with Gasteiger partial charge >= 0.3 is 12.1 Å². The number of hydrogen-bond donors (Lipinski definition) is 1. The van der Waals surface area contributed by atoms with Crippen LogP contribution in [0.25, 0.3) is 0 Å². The highest BCUT2D eigenvalue weighted by molar-refractivity contribution is 8.00. The van der Waals surface area contributed by atoms with Crippen LogP contribution in [0.15, 0.2) is 23.1 Å². The van der Waals surface area contributed by atoms with Gasteiger partial charge in [-0.2, -0.15) is 13.2 Å². The summed E-state index contributed by atoms with van der Waals surface area (Å²) in [5.41, 5.74) is 4.66. The predicted octanol–water partition coefficient (Wildman–Crippen LogP) is 2.55. The van der Waals surface area contributed by atoms with E-state index in [2.05, 4.69) is 4.74 Å². The van der Waals surface area contributed by atoms with E-state index in [4.69, 9.17) is 5.73 Å². The zero-order chi connectivity index (χ0) is 13.1. The van der Waals surface area contributed by atoms with Crippen molar-refractivity contribution in [2.45, 2.75) is 11.1 Å². The van der Waals surface area contributed by atoms with E-state index in [1.807, 2.05) is 0 Å². The molecular formula is C10H10F3NO2S. The van der Waals surface area contributed by atoms with Gasteiger partial charge in [0.15, 0.2) is 0 Å². The molecule has 0 amide bonds. The van der Waals surface area contributed by atoms with E-state index in [9.17, 15) is 18.0 Å². The van der Waals surface area contributed by atoms with Crippen molar-refractivity contribution < 1.29 is 22.7 Å². The summed E-state index contributed by atoms with van der Waals surface area (Å²) >= 11 is 1.03. The van der Waals surface area contributed by atoms with Gasteiger partial charge in [0.1, 0.15) is 0 Å². The Morgan fingerprint density at radius 3 is 2.59 bits per heavy atom. The van der Waals surface area contributed by atoms with Gasteiger partial charge < -0.3 is 10.5 Å². The quantitative estimate of drug-likeness (QED) is 0.518. The van der Waals surface area contributed by atoms with E-state index in [0.29, 0.717) is 4.90 Å². The number of thioether (sulfide) groups is 1. The molecular weight excluding hydrogens is 255 g/mol. The second kappa shape index (κ2) is 5.31. The second-order valence-corrected chi connectivity index (χ2v) is 4.13. The Balaban J connectivity index is 2.80. The minimum atomic E-state index is -4.42. The number of hydrogen-bond acceptors (Lipinski definition) is 4. The number of methoxy groups -OCH3 is 1. The third kappa shape index (κ3) is 3.85. The van der Waals surface area contributed by atoms with Gasteiger partial charge in [-0.1, -0.05) is 0 Å². The van der Waals surface area contributed by atoms with E-state index in [0.717, 1.165) is 23.9 Å². The molecule has 0 saturated heterocycles. The fourth-order valence-electron chi connectivity index (χ4n) is 1.05. The molecule has 0 spiro atoms. The molecule has 0 heterocycles. The fourth-order valence-corrected chi connectivity index (χ4v) is 1.83. The lowest BCUT2D eigenvalue weighted by Crippen LogP contribution is -2.07. The predicted molar refractivity (Wildman–Crippen MR) is 58.6 cm³/mol. The fraction of sp³-hybridized carbons (Fsp3) is 0.300. The maximum Gasteiger partial charge on any atom is 0.416 e. The summed E-state index contributed by atoms with van der Waals surface area (Å²) in [6.07, 6.45) is -4.42. The molecule has 0 bridgehead atoms. The van der Waals surface area contributed by atoms with Gasteiger partial charge in [0.05, 0.1) is 18.4 Å². The first-order valence-corrected chi connectivity index (χ1v) is 5.49. The maximum absolute atomic E-state index is 12.3. The molecule has 0 aliphatic rings. The van der Waals surface area contributed by atoms with Crippen molar-refractivity contribution in [2.75, 3.05) is 18.6 Å². The summed E-state index contributed by atoms with van der Waals surface area (Å²) in [6.45, 7) is 0. The molecule has 1 rings (SSSR count).